The smallest absolute Gasteiger partial charge is 0.485 e. The number of hydrogen-bond donors (Lipinski definition) is 0. The van der Waals surface area contributed by atoms with Crippen molar-refractivity contribution >= 4 is 16.5 Å². The van der Waals surface area contributed by atoms with Crippen molar-refractivity contribution in [3.8, 4) is 0 Å². The molecular formula is C14H29F3N2O3S. The summed E-state index contributed by atoms with van der Waals surface area (Å²) in [6.07, 6.45) is 2.30. The zero-order valence-corrected chi connectivity index (χ0v) is 15.9. The molecule has 0 saturated carbocycles. The van der Waals surface area contributed by atoms with Gasteiger partial charge in [0.2, 0.25) is 6.34 Å². The van der Waals surface area contributed by atoms with Crippen LogP contribution in [0.15, 0.2) is 0 Å². The molecule has 0 rings (SSSR count). The molecule has 0 saturated heterocycles. The minimum absolute atomic E-state index is 0.560. The predicted molar refractivity (Wildman–Crippen MR) is 84.5 cm³/mol. The second kappa shape index (κ2) is 9.46. The predicted octanol–water partition coefficient (Wildman–Crippen LogP) is 3.01. The Kier molecular flexibility index (Phi) is 10.0. The van der Waals surface area contributed by atoms with Crippen LogP contribution < -0.4 is 0 Å². The van der Waals surface area contributed by atoms with Gasteiger partial charge in [-0.25, -0.2) is 8.42 Å². The van der Waals surface area contributed by atoms with Gasteiger partial charge in [-0.3, -0.25) is 9.48 Å². The highest BCUT2D eigenvalue weighted by Crippen LogP contribution is 2.20. The van der Waals surface area contributed by atoms with Gasteiger partial charge in [-0.1, -0.05) is 0 Å². The Morgan fingerprint density at radius 2 is 1.17 bits per heavy atom. The Balaban J connectivity index is 0. The minimum atomic E-state index is -6.09. The van der Waals surface area contributed by atoms with E-state index in [1.165, 1.54) is 0 Å². The number of rotatable bonds is 5. The van der Waals surface area contributed by atoms with Crippen LogP contribution in [0.4, 0.5) is 13.2 Å². The third-order valence-corrected chi connectivity index (χ3v) is 3.50. The molecule has 0 amide bonds. The van der Waals surface area contributed by atoms with Crippen LogP contribution in [0, 0.1) is 0 Å². The van der Waals surface area contributed by atoms with E-state index in [2.05, 4.69) is 71.2 Å². The van der Waals surface area contributed by atoms with E-state index in [0.29, 0.717) is 24.2 Å². The molecule has 5 nitrogen and oxygen atoms in total. The number of halogens is 3. The van der Waals surface area contributed by atoms with Crippen LogP contribution in [0.25, 0.3) is 0 Å². The Hall–Kier alpha value is -0.830. The van der Waals surface area contributed by atoms with Crippen LogP contribution >= 0.6 is 0 Å². The van der Waals surface area contributed by atoms with Crippen LogP contribution in [0.3, 0.4) is 0 Å². The zero-order valence-electron chi connectivity index (χ0n) is 15.0. The molecule has 0 atom stereocenters. The summed E-state index contributed by atoms with van der Waals surface area (Å²) in [4.78, 5) is 2.42. The summed E-state index contributed by atoms with van der Waals surface area (Å²) in [5.41, 5.74) is -5.65. The molecule has 23 heavy (non-hydrogen) atoms. The van der Waals surface area contributed by atoms with Crippen molar-refractivity contribution in [3.05, 3.63) is 0 Å². The van der Waals surface area contributed by atoms with Crippen LogP contribution in [0.5, 0.6) is 0 Å². The van der Waals surface area contributed by atoms with Crippen molar-refractivity contribution in [2.45, 2.75) is 85.1 Å². The zero-order chi connectivity index (χ0) is 19.2. The summed E-state index contributed by atoms with van der Waals surface area (Å²) in [6.45, 7) is 18.0. The quantitative estimate of drug-likeness (QED) is 0.248. The maximum absolute atomic E-state index is 10.7. The molecule has 0 heterocycles. The number of hydrogen-bond acceptors (Lipinski definition) is 3. The van der Waals surface area contributed by atoms with Crippen LogP contribution in [-0.4, -0.2) is 58.5 Å². The van der Waals surface area contributed by atoms with Gasteiger partial charge in [-0.2, -0.15) is 13.2 Å². The fourth-order valence-corrected chi connectivity index (χ4v) is 1.88. The number of alkyl halides is 3. The van der Waals surface area contributed by atoms with Gasteiger partial charge >= 0.3 is 5.51 Å². The molecule has 9 heteroatoms. The van der Waals surface area contributed by atoms with Crippen LogP contribution in [-0.2, 0) is 10.1 Å². The summed E-state index contributed by atoms with van der Waals surface area (Å²) < 4.78 is 61.3. The summed E-state index contributed by atoms with van der Waals surface area (Å²) in [7, 11) is -6.09. The molecule has 140 valence electrons. The summed E-state index contributed by atoms with van der Waals surface area (Å²) in [6, 6.07) is 2.24. The van der Waals surface area contributed by atoms with E-state index in [1.807, 2.05) is 0 Å². The number of nitrogens with zero attached hydrogens (tertiary/aromatic N) is 2. The van der Waals surface area contributed by atoms with Gasteiger partial charge in [0.15, 0.2) is 10.1 Å². The van der Waals surface area contributed by atoms with Crippen molar-refractivity contribution in [1.29, 1.82) is 0 Å². The van der Waals surface area contributed by atoms with Gasteiger partial charge in [0.05, 0.1) is 24.2 Å². The van der Waals surface area contributed by atoms with E-state index in [9.17, 15) is 13.2 Å². The molecular weight excluding hydrogens is 333 g/mol. The first-order valence-corrected chi connectivity index (χ1v) is 8.85. The average molecular weight is 362 g/mol. The maximum Gasteiger partial charge on any atom is 0.485 e. The fraction of sp³-hybridized carbons (Fsp3) is 0.929. The molecule has 0 radical (unpaired) electrons. The molecule has 0 spiro atoms. The second-order valence-electron chi connectivity index (χ2n) is 6.28. The molecule has 0 fully saturated rings. The highest BCUT2D eigenvalue weighted by atomic mass is 32.2. The molecule has 0 bridgehead atoms. The Bertz CT molecular complexity index is 452. The van der Waals surface area contributed by atoms with E-state index in [4.69, 9.17) is 13.0 Å². The molecule has 0 aliphatic rings. The topological polar surface area (TPSA) is 63.5 Å². The first-order valence-electron chi connectivity index (χ1n) is 7.44. The fourth-order valence-electron chi connectivity index (χ4n) is 1.88. The maximum atomic E-state index is 10.7. The van der Waals surface area contributed by atoms with Gasteiger partial charge in [0.25, 0.3) is 0 Å². The monoisotopic (exact) mass is 362 g/mol. The molecule has 0 unspecified atom stereocenters. The van der Waals surface area contributed by atoms with Crippen LogP contribution in [0.1, 0.15) is 55.4 Å². The van der Waals surface area contributed by atoms with E-state index >= 15 is 0 Å². The second-order valence-corrected chi connectivity index (χ2v) is 7.66. The van der Waals surface area contributed by atoms with Gasteiger partial charge in [-0.05, 0) is 55.4 Å². The summed E-state index contributed by atoms with van der Waals surface area (Å²) in [5.74, 6) is 0. The third kappa shape index (κ3) is 9.80. The Labute approximate surface area is 137 Å². The third-order valence-electron chi connectivity index (χ3n) is 2.94. The van der Waals surface area contributed by atoms with E-state index in [0.717, 1.165) is 0 Å². The van der Waals surface area contributed by atoms with Crippen molar-refractivity contribution in [2.75, 3.05) is 0 Å². The molecule has 0 aliphatic heterocycles. The molecule has 0 aliphatic carbocycles. The van der Waals surface area contributed by atoms with Gasteiger partial charge in [-0.15, -0.1) is 0 Å². The Morgan fingerprint density at radius 3 is 1.30 bits per heavy atom. The molecule has 0 aromatic carbocycles. The molecule has 0 aromatic rings. The van der Waals surface area contributed by atoms with E-state index < -0.39 is 15.6 Å². The highest BCUT2D eigenvalue weighted by Gasteiger charge is 2.36. The average Bonchev–Trinajstić information content (AvgIpc) is 2.24. The molecule has 0 aromatic heterocycles. The van der Waals surface area contributed by atoms with Gasteiger partial charge in [0, 0.05) is 0 Å². The standard InChI is InChI=1S/C13H29N2.CHF3O3S/c1-10(2)14(11(3)4)9-15(12(5)6)13(7)8;2-1(3,4)8(5,6)7/h9-13H,1-8H3;(H,5,6,7)/q+1;/p-1. The minimum Gasteiger partial charge on any atom is -0.741 e. The lowest BCUT2D eigenvalue weighted by atomic mass is 10.2. The van der Waals surface area contributed by atoms with Crippen molar-refractivity contribution < 1.29 is 30.7 Å². The van der Waals surface area contributed by atoms with Gasteiger partial charge in [0.1, 0.15) is 0 Å². The van der Waals surface area contributed by atoms with E-state index in [1.54, 1.807) is 0 Å². The lowest BCUT2D eigenvalue weighted by Crippen LogP contribution is -2.42. The van der Waals surface area contributed by atoms with Gasteiger partial charge < -0.3 is 4.55 Å². The lowest BCUT2D eigenvalue weighted by molar-refractivity contribution is -0.587. The highest BCUT2D eigenvalue weighted by molar-refractivity contribution is 7.86. The normalized spacial score (nSPS) is 12.5. The summed E-state index contributed by atoms with van der Waals surface area (Å²) in [5, 5.41) is 0. The first kappa shape index (κ1) is 24.4. The largest absolute Gasteiger partial charge is 0.741 e. The van der Waals surface area contributed by atoms with Crippen molar-refractivity contribution in [2.24, 2.45) is 0 Å². The molecule has 0 N–H and O–H groups in total. The summed E-state index contributed by atoms with van der Waals surface area (Å²) >= 11 is 0. The van der Waals surface area contributed by atoms with Crippen LogP contribution in [0.2, 0.25) is 0 Å². The van der Waals surface area contributed by atoms with Crippen molar-refractivity contribution in [3.63, 3.8) is 0 Å². The lowest BCUT2D eigenvalue weighted by Gasteiger charge is -2.25. The Morgan fingerprint density at radius 1 is 0.913 bits per heavy atom. The van der Waals surface area contributed by atoms with E-state index in [-0.39, 0.29) is 0 Å². The first-order chi connectivity index (χ1) is 10.0. The SMILES string of the molecule is CC(C)N(C=[N+](C(C)C)C(C)C)C(C)C.O=S(=O)([O-])C(F)(F)F. The van der Waals surface area contributed by atoms with Crippen molar-refractivity contribution in [1.82, 2.24) is 4.90 Å².